The van der Waals surface area contributed by atoms with E-state index in [0.717, 1.165) is 6.07 Å². The number of ketones is 2. The van der Waals surface area contributed by atoms with Gasteiger partial charge in [0, 0.05) is 11.5 Å². The Labute approximate surface area is 217 Å². The van der Waals surface area contributed by atoms with Crippen LogP contribution in [0.1, 0.15) is 52.5 Å². The third-order valence-electron chi connectivity index (χ3n) is 7.60. The molecule has 0 heterocycles. The number of aliphatic hydroxyl groups excluding tert-OH is 2. The number of benzene rings is 1. The number of hydrogen-bond donors (Lipinski definition) is 5. The number of rotatable bonds is 6. The third-order valence-corrected chi connectivity index (χ3v) is 7.60. The molecule has 0 fully saturated rings. The van der Waals surface area contributed by atoms with Crippen LogP contribution in [0.4, 0.5) is 4.39 Å². The van der Waals surface area contributed by atoms with Crippen LogP contribution in [0, 0.1) is 17.7 Å². The summed E-state index contributed by atoms with van der Waals surface area (Å²) in [7, 11) is 3.03. The van der Waals surface area contributed by atoms with Gasteiger partial charge < -0.3 is 30.9 Å². The summed E-state index contributed by atoms with van der Waals surface area (Å²) < 4.78 is 19.9. The van der Waals surface area contributed by atoms with E-state index in [4.69, 9.17) is 10.5 Å². The number of ether oxygens (including phenoxy) is 1. The number of Topliss-reactive ketones (excluding diaryl/α,β-unsaturated/α-hetero) is 2. The van der Waals surface area contributed by atoms with Gasteiger partial charge in [0.05, 0.1) is 18.2 Å². The van der Waals surface area contributed by atoms with Gasteiger partial charge >= 0.3 is 5.97 Å². The van der Waals surface area contributed by atoms with Crippen molar-refractivity contribution < 1.29 is 48.7 Å². The SMILES string of the molecule is CCCCOC(=O)c1c(F)cc2c(c1O)C(=O)C1=C(O)[C@]3(O)C(=O)C(C(N)=O)=C(O)[C@@H](N(C)C)[C@@H]3C[C@@H]1C2. The van der Waals surface area contributed by atoms with Crippen LogP contribution in [0.3, 0.4) is 0 Å². The molecular formula is C26H29FN2O9. The highest BCUT2D eigenvalue weighted by Gasteiger charge is 2.63. The van der Waals surface area contributed by atoms with E-state index in [1.165, 1.54) is 19.0 Å². The molecule has 4 rings (SSSR count). The average molecular weight is 533 g/mol. The number of fused-ring (bicyclic) bond motifs is 3. The second-order valence-corrected chi connectivity index (χ2v) is 10.1. The second-order valence-electron chi connectivity index (χ2n) is 10.1. The molecule has 0 spiro atoms. The maximum Gasteiger partial charge on any atom is 0.344 e. The summed E-state index contributed by atoms with van der Waals surface area (Å²) in [6.45, 7) is 1.82. The maximum absolute atomic E-state index is 14.9. The molecule has 0 bridgehead atoms. The summed E-state index contributed by atoms with van der Waals surface area (Å²) in [5, 5.41) is 44.4. The highest BCUT2D eigenvalue weighted by Crippen LogP contribution is 2.52. The fourth-order valence-corrected chi connectivity index (χ4v) is 5.85. The number of carbonyl (C=O) groups excluding carboxylic acids is 4. The highest BCUT2D eigenvalue weighted by atomic mass is 19.1. The summed E-state index contributed by atoms with van der Waals surface area (Å²) in [5.74, 6) is -10.7. The smallest absolute Gasteiger partial charge is 0.344 e. The van der Waals surface area contributed by atoms with Gasteiger partial charge in [-0.1, -0.05) is 13.3 Å². The van der Waals surface area contributed by atoms with E-state index in [9.17, 15) is 44.0 Å². The summed E-state index contributed by atoms with van der Waals surface area (Å²) >= 11 is 0. The average Bonchev–Trinajstić information content (AvgIpc) is 2.80. The Morgan fingerprint density at radius 2 is 1.89 bits per heavy atom. The van der Waals surface area contributed by atoms with Crippen LogP contribution in [-0.2, 0) is 20.7 Å². The van der Waals surface area contributed by atoms with Gasteiger partial charge in [0.2, 0.25) is 5.78 Å². The first-order chi connectivity index (χ1) is 17.8. The van der Waals surface area contributed by atoms with Gasteiger partial charge in [0.25, 0.3) is 5.91 Å². The van der Waals surface area contributed by atoms with Crippen LogP contribution >= 0.6 is 0 Å². The Kier molecular flexibility index (Phi) is 6.83. The largest absolute Gasteiger partial charge is 0.510 e. The molecule has 204 valence electrons. The Morgan fingerprint density at radius 3 is 2.47 bits per heavy atom. The molecule has 1 amide bonds. The van der Waals surface area contributed by atoms with Crippen LogP contribution in [0.5, 0.6) is 5.75 Å². The van der Waals surface area contributed by atoms with Crippen LogP contribution in [0.15, 0.2) is 28.7 Å². The fraction of sp³-hybridized carbons (Fsp3) is 0.462. The molecule has 0 saturated carbocycles. The van der Waals surface area contributed by atoms with Crippen molar-refractivity contribution in [3.63, 3.8) is 0 Å². The lowest BCUT2D eigenvalue weighted by Crippen LogP contribution is -2.63. The number of unbranched alkanes of at least 4 members (excludes halogenated alkanes) is 1. The van der Waals surface area contributed by atoms with Crippen molar-refractivity contribution >= 4 is 23.4 Å². The Bertz CT molecular complexity index is 1330. The molecule has 0 unspecified atom stereocenters. The lowest BCUT2D eigenvalue weighted by atomic mass is 9.58. The van der Waals surface area contributed by atoms with Crippen LogP contribution in [-0.4, -0.2) is 81.1 Å². The zero-order valence-electron chi connectivity index (χ0n) is 21.1. The van der Waals surface area contributed by atoms with Crippen LogP contribution in [0.25, 0.3) is 0 Å². The summed E-state index contributed by atoms with van der Waals surface area (Å²) in [6.07, 6.45) is 0.972. The van der Waals surface area contributed by atoms with Crippen LogP contribution < -0.4 is 5.73 Å². The zero-order valence-corrected chi connectivity index (χ0v) is 21.1. The van der Waals surface area contributed by atoms with E-state index < -0.39 is 92.3 Å². The number of aromatic hydroxyl groups is 1. The minimum atomic E-state index is -2.79. The zero-order chi connectivity index (χ0) is 28.3. The lowest BCUT2D eigenvalue weighted by molar-refractivity contribution is -0.148. The van der Waals surface area contributed by atoms with E-state index in [2.05, 4.69) is 0 Å². The first-order valence-corrected chi connectivity index (χ1v) is 12.1. The molecule has 3 aliphatic rings. The Hall–Kier alpha value is -3.77. The standard InChI is InChI=1S/C26H29FN2O9/c1-4-5-6-38-25(36)16-13(27)9-11-7-10-8-12-18(29(2)3)21(32)17(24(28)35)23(34)26(12,37)22(33)15(10)19(30)14(11)20(16)31/h9-10,12,18,31-33,37H,4-8H2,1-3H3,(H2,28,35)/t10-,12-,18-,26-/m0/s1. The number of phenols is 1. The number of carbonyl (C=O) groups is 4. The Balaban J connectivity index is 1.88. The van der Waals surface area contributed by atoms with Crippen molar-refractivity contribution in [1.82, 2.24) is 4.90 Å². The monoisotopic (exact) mass is 532 g/mol. The molecule has 4 atom stereocenters. The van der Waals surface area contributed by atoms with Gasteiger partial charge in [-0.3, -0.25) is 19.3 Å². The fourth-order valence-electron chi connectivity index (χ4n) is 5.85. The van der Waals surface area contributed by atoms with E-state index in [1.807, 2.05) is 6.92 Å². The van der Waals surface area contributed by atoms with E-state index in [1.54, 1.807) is 0 Å². The lowest BCUT2D eigenvalue weighted by Gasteiger charge is -2.50. The van der Waals surface area contributed by atoms with Gasteiger partial charge in [-0.05, 0) is 50.9 Å². The number of phenolic OH excluding ortho intramolecular Hbond substituents is 1. The number of aliphatic hydroxyl groups is 3. The first-order valence-electron chi connectivity index (χ1n) is 12.1. The minimum Gasteiger partial charge on any atom is -0.510 e. The Morgan fingerprint density at radius 1 is 1.24 bits per heavy atom. The predicted octanol–water partition coefficient (Wildman–Crippen LogP) is 1.22. The highest BCUT2D eigenvalue weighted by molar-refractivity contribution is 6.25. The number of hydrogen-bond acceptors (Lipinski definition) is 10. The molecule has 1 aromatic carbocycles. The molecule has 1 aromatic rings. The normalized spacial score (nSPS) is 26.7. The topological polar surface area (TPSA) is 188 Å². The van der Waals surface area contributed by atoms with Crippen molar-refractivity contribution in [1.29, 1.82) is 0 Å². The van der Waals surface area contributed by atoms with E-state index in [0.29, 0.717) is 12.8 Å². The van der Waals surface area contributed by atoms with E-state index in [-0.39, 0.29) is 25.0 Å². The molecule has 38 heavy (non-hydrogen) atoms. The van der Waals surface area contributed by atoms with Crippen molar-refractivity contribution in [3.05, 3.63) is 51.2 Å². The number of nitrogens with two attached hydrogens (primary N) is 1. The summed E-state index contributed by atoms with van der Waals surface area (Å²) in [6, 6.07) is -0.193. The van der Waals surface area contributed by atoms with Gasteiger partial charge in [0.15, 0.2) is 11.4 Å². The van der Waals surface area contributed by atoms with Crippen molar-refractivity contribution in [2.45, 2.75) is 44.2 Å². The second kappa shape index (κ2) is 9.52. The number of halogens is 1. The first kappa shape index (κ1) is 27.3. The van der Waals surface area contributed by atoms with Crippen molar-refractivity contribution in [3.8, 4) is 5.75 Å². The third kappa shape index (κ3) is 3.78. The van der Waals surface area contributed by atoms with Crippen molar-refractivity contribution in [2.24, 2.45) is 17.6 Å². The molecule has 0 aliphatic heterocycles. The van der Waals surface area contributed by atoms with Gasteiger partial charge in [-0.2, -0.15) is 0 Å². The predicted molar refractivity (Wildman–Crippen MR) is 129 cm³/mol. The molecule has 0 aromatic heterocycles. The number of primary amides is 1. The molecular weight excluding hydrogens is 503 g/mol. The number of esters is 1. The van der Waals surface area contributed by atoms with Gasteiger partial charge in [-0.15, -0.1) is 0 Å². The quantitative estimate of drug-likeness (QED) is 0.202. The van der Waals surface area contributed by atoms with Gasteiger partial charge in [0.1, 0.15) is 34.2 Å². The number of nitrogens with zero attached hydrogens (tertiary/aromatic N) is 1. The molecule has 12 heteroatoms. The number of amides is 1. The summed E-state index contributed by atoms with van der Waals surface area (Å²) in [5.41, 5.74) is -0.0614. The van der Waals surface area contributed by atoms with Crippen LogP contribution in [0.2, 0.25) is 0 Å². The minimum absolute atomic E-state index is 0.0284. The van der Waals surface area contributed by atoms with Gasteiger partial charge in [-0.25, -0.2) is 9.18 Å². The molecule has 0 saturated heterocycles. The summed E-state index contributed by atoms with van der Waals surface area (Å²) in [4.78, 5) is 52.8. The number of allylic oxidation sites excluding steroid dienone is 1. The maximum atomic E-state index is 14.9. The van der Waals surface area contributed by atoms with E-state index >= 15 is 0 Å². The molecule has 0 radical (unpaired) electrons. The molecule has 11 nitrogen and oxygen atoms in total. The molecule has 3 aliphatic carbocycles. The van der Waals surface area contributed by atoms with Crippen molar-refractivity contribution in [2.75, 3.05) is 20.7 Å². The number of likely N-dealkylation sites (N-methyl/N-ethyl adjacent to an activating group) is 1. The molecule has 6 N–H and O–H groups in total.